The largest absolute Gasteiger partial charge is 0.334 e. The first-order valence-corrected chi connectivity index (χ1v) is 7.37. The van der Waals surface area contributed by atoms with Gasteiger partial charge in [0.1, 0.15) is 0 Å². The van der Waals surface area contributed by atoms with Crippen molar-refractivity contribution in [3.63, 3.8) is 0 Å². The first kappa shape index (κ1) is 15.3. The summed E-state index contributed by atoms with van der Waals surface area (Å²) in [6.45, 7) is 12.5. The summed E-state index contributed by atoms with van der Waals surface area (Å²) in [7, 11) is 0. The monoisotopic (exact) mass is 255 g/mol. The predicted octanol–water partition coefficient (Wildman–Crippen LogP) is 2.30. The van der Waals surface area contributed by atoms with E-state index in [9.17, 15) is 4.79 Å². The fourth-order valence-corrected chi connectivity index (χ4v) is 2.49. The maximum Gasteiger partial charge on any atom is 0.317 e. The predicted molar refractivity (Wildman–Crippen MR) is 75.8 cm³/mol. The highest BCUT2D eigenvalue weighted by Crippen LogP contribution is 2.12. The zero-order valence-corrected chi connectivity index (χ0v) is 12.4. The van der Waals surface area contributed by atoms with Crippen LogP contribution in [0.15, 0.2) is 0 Å². The number of nitrogens with zero attached hydrogens (tertiary/aromatic N) is 2. The lowest BCUT2D eigenvalue weighted by Gasteiger charge is -2.25. The molecule has 0 spiro atoms. The lowest BCUT2D eigenvalue weighted by atomic mass is 10.2. The number of carbonyl (C=O) groups is 1. The molecule has 1 saturated heterocycles. The summed E-state index contributed by atoms with van der Waals surface area (Å²) >= 11 is 0. The van der Waals surface area contributed by atoms with Crippen LogP contribution in [0.2, 0.25) is 0 Å². The highest BCUT2D eigenvalue weighted by atomic mass is 16.2. The van der Waals surface area contributed by atoms with E-state index in [-0.39, 0.29) is 6.03 Å². The van der Waals surface area contributed by atoms with Gasteiger partial charge in [-0.15, -0.1) is 0 Å². The molecule has 0 aromatic carbocycles. The van der Waals surface area contributed by atoms with Crippen LogP contribution in [0, 0.1) is 0 Å². The van der Waals surface area contributed by atoms with Crippen LogP contribution in [-0.2, 0) is 0 Å². The Kier molecular flexibility index (Phi) is 6.47. The average molecular weight is 255 g/mol. The Morgan fingerprint density at radius 3 is 2.39 bits per heavy atom. The number of hydrogen-bond acceptors (Lipinski definition) is 2. The molecular formula is C14H29N3O. The topological polar surface area (TPSA) is 35.6 Å². The molecule has 0 bridgehead atoms. The van der Waals surface area contributed by atoms with Gasteiger partial charge in [0.25, 0.3) is 0 Å². The zero-order valence-electron chi connectivity index (χ0n) is 12.4. The summed E-state index contributed by atoms with van der Waals surface area (Å²) in [6.07, 6.45) is 3.13. The summed E-state index contributed by atoms with van der Waals surface area (Å²) in [4.78, 5) is 16.5. The first-order chi connectivity index (χ1) is 8.58. The summed E-state index contributed by atoms with van der Waals surface area (Å²) in [5.74, 6) is 0. The van der Waals surface area contributed by atoms with E-state index in [1.54, 1.807) is 0 Å². The van der Waals surface area contributed by atoms with Crippen molar-refractivity contribution in [2.75, 3.05) is 26.2 Å². The van der Waals surface area contributed by atoms with Crippen molar-refractivity contribution in [2.24, 2.45) is 0 Å². The molecule has 1 heterocycles. The minimum Gasteiger partial charge on any atom is -0.334 e. The van der Waals surface area contributed by atoms with Crippen LogP contribution in [0.4, 0.5) is 4.79 Å². The Balaban J connectivity index is 2.39. The highest BCUT2D eigenvalue weighted by molar-refractivity contribution is 5.74. The lowest BCUT2D eigenvalue weighted by molar-refractivity contribution is 0.192. The van der Waals surface area contributed by atoms with Crippen LogP contribution < -0.4 is 5.32 Å². The molecule has 0 radical (unpaired) electrons. The van der Waals surface area contributed by atoms with Gasteiger partial charge in [-0.3, -0.25) is 4.90 Å². The van der Waals surface area contributed by atoms with Crippen molar-refractivity contribution in [3.8, 4) is 0 Å². The summed E-state index contributed by atoms with van der Waals surface area (Å²) in [6, 6.07) is 1.03. The SMILES string of the molecule is CCCN(CCC)C(=O)NC1CCN(C(C)C)C1. The Morgan fingerprint density at radius 2 is 1.94 bits per heavy atom. The molecule has 0 aromatic heterocycles. The van der Waals surface area contributed by atoms with Crippen molar-refractivity contribution in [2.45, 2.75) is 59.0 Å². The fraction of sp³-hybridized carbons (Fsp3) is 0.929. The van der Waals surface area contributed by atoms with Gasteiger partial charge in [-0.25, -0.2) is 4.79 Å². The van der Waals surface area contributed by atoms with Gasteiger partial charge in [0.05, 0.1) is 0 Å². The molecular weight excluding hydrogens is 226 g/mol. The van der Waals surface area contributed by atoms with E-state index in [0.717, 1.165) is 45.4 Å². The molecule has 4 heteroatoms. The second-order valence-electron chi connectivity index (χ2n) is 5.51. The van der Waals surface area contributed by atoms with E-state index < -0.39 is 0 Å². The van der Waals surface area contributed by atoms with Crippen molar-refractivity contribution in [3.05, 3.63) is 0 Å². The van der Waals surface area contributed by atoms with Crippen LogP contribution in [0.5, 0.6) is 0 Å². The number of rotatable bonds is 6. The maximum absolute atomic E-state index is 12.2. The molecule has 0 saturated carbocycles. The fourth-order valence-electron chi connectivity index (χ4n) is 2.49. The second kappa shape index (κ2) is 7.62. The molecule has 0 aliphatic carbocycles. The number of urea groups is 1. The number of likely N-dealkylation sites (tertiary alicyclic amines) is 1. The maximum atomic E-state index is 12.2. The van der Waals surface area contributed by atoms with Crippen LogP contribution in [-0.4, -0.2) is 54.1 Å². The van der Waals surface area contributed by atoms with Gasteiger partial charge < -0.3 is 10.2 Å². The number of hydrogen-bond donors (Lipinski definition) is 1. The van der Waals surface area contributed by atoms with Crippen molar-refractivity contribution in [1.29, 1.82) is 0 Å². The van der Waals surface area contributed by atoms with Gasteiger partial charge in [0.15, 0.2) is 0 Å². The summed E-state index contributed by atoms with van der Waals surface area (Å²) < 4.78 is 0. The molecule has 0 aromatic rings. The molecule has 1 rings (SSSR count). The minimum absolute atomic E-state index is 0.120. The van der Waals surface area contributed by atoms with Crippen LogP contribution in [0.1, 0.15) is 47.0 Å². The molecule has 1 aliphatic heterocycles. The van der Waals surface area contributed by atoms with Crippen LogP contribution in [0.25, 0.3) is 0 Å². The molecule has 106 valence electrons. The standard InChI is InChI=1S/C14H29N3O/c1-5-8-16(9-6-2)14(18)15-13-7-10-17(11-13)12(3)4/h12-13H,5-11H2,1-4H3,(H,15,18). The quantitative estimate of drug-likeness (QED) is 0.790. The third kappa shape index (κ3) is 4.48. The molecule has 1 atom stereocenters. The molecule has 1 aliphatic rings. The van der Waals surface area contributed by atoms with Gasteiger partial charge in [-0.05, 0) is 33.1 Å². The summed E-state index contributed by atoms with van der Waals surface area (Å²) in [5.41, 5.74) is 0. The highest BCUT2D eigenvalue weighted by Gasteiger charge is 2.26. The molecule has 1 unspecified atom stereocenters. The van der Waals surface area contributed by atoms with Gasteiger partial charge >= 0.3 is 6.03 Å². The van der Waals surface area contributed by atoms with Crippen molar-refractivity contribution in [1.82, 2.24) is 15.1 Å². The summed E-state index contributed by atoms with van der Waals surface area (Å²) in [5, 5.41) is 3.18. The number of amides is 2. The molecule has 4 nitrogen and oxygen atoms in total. The van der Waals surface area contributed by atoms with Crippen molar-refractivity contribution < 1.29 is 4.79 Å². The van der Waals surface area contributed by atoms with Crippen LogP contribution >= 0.6 is 0 Å². The Bertz CT molecular complexity index is 249. The average Bonchev–Trinajstić information content (AvgIpc) is 2.77. The van der Waals surface area contributed by atoms with Gasteiger partial charge in [0.2, 0.25) is 0 Å². The smallest absolute Gasteiger partial charge is 0.317 e. The third-order valence-corrected chi connectivity index (χ3v) is 3.55. The normalized spacial score (nSPS) is 20.4. The molecule has 1 fully saturated rings. The third-order valence-electron chi connectivity index (χ3n) is 3.55. The minimum atomic E-state index is 0.120. The van der Waals surface area contributed by atoms with E-state index in [2.05, 4.69) is 37.9 Å². The zero-order chi connectivity index (χ0) is 13.5. The Morgan fingerprint density at radius 1 is 1.33 bits per heavy atom. The molecule has 1 N–H and O–H groups in total. The van der Waals surface area contributed by atoms with Crippen LogP contribution in [0.3, 0.4) is 0 Å². The van der Waals surface area contributed by atoms with Crippen molar-refractivity contribution >= 4 is 6.03 Å². The Hall–Kier alpha value is -0.770. The number of nitrogens with one attached hydrogen (secondary N) is 1. The van der Waals surface area contributed by atoms with Gasteiger partial charge in [0, 0.05) is 38.3 Å². The number of carbonyl (C=O) groups excluding carboxylic acids is 1. The van der Waals surface area contributed by atoms with Gasteiger partial charge in [-0.1, -0.05) is 13.8 Å². The Labute approximate surface area is 112 Å². The molecule has 2 amide bonds. The van der Waals surface area contributed by atoms with E-state index in [0.29, 0.717) is 12.1 Å². The lowest BCUT2D eigenvalue weighted by Crippen LogP contribution is -2.46. The van der Waals surface area contributed by atoms with E-state index >= 15 is 0 Å². The van der Waals surface area contributed by atoms with E-state index in [4.69, 9.17) is 0 Å². The second-order valence-corrected chi connectivity index (χ2v) is 5.51. The molecule has 18 heavy (non-hydrogen) atoms. The first-order valence-electron chi connectivity index (χ1n) is 7.37. The van der Waals surface area contributed by atoms with E-state index in [1.165, 1.54) is 0 Å². The van der Waals surface area contributed by atoms with E-state index in [1.807, 2.05) is 4.90 Å². The van der Waals surface area contributed by atoms with Gasteiger partial charge in [-0.2, -0.15) is 0 Å².